The van der Waals surface area contributed by atoms with Crippen molar-refractivity contribution in [2.24, 2.45) is 4.99 Å². The van der Waals surface area contributed by atoms with Gasteiger partial charge in [0.15, 0.2) is 18.2 Å². The predicted octanol–water partition coefficient (Wildman–Crippen LogP) is 3.31. The first-order chi connectivity index (χ1) is 15.2. The average Bonchev–Trinajstić information content (AvgIpc) is 3.51. The molecule has 31 heavy (non-hydrogen) atoms. The molecule has 0 saturated heterocycles. The number of fused-ring (bicyclic) bond motifs is 6. The van der Waals surface area contributed by atoms with Crippen molar-refractivity contribution >= 4 is 18.0 Å². The fraction of sp³-hybridized carbons (Fsp3) is 0.100. The molecule has 0 spiro atoms. The summed E-state index contributed by atoms with van der Waals surface area (Å²) in [5.41, 5.74) is 1.96. The molecule has 2 aromatic carbocycles. The van der Waals surface area contributed by atoms with Crippen molar-refractivity contribution in [3.8, 4) is 17.6 Å². The minimum absolute atomic E-state index is 0.0941. The van der Waals surface area contributed by atoms with Gasteiger partial charge in [0, 0.05) is 11.1 Å². The Bertz CT molecular complexity index is 1280. The molecule has 6 rings (SSSR count). The molecule has 3 aliphatic heterocycles. The third-order valence-electron chi connectivity index (χ3n) is 5.26. The Morgan fingerprint density at radius 1 is 1.10 bits per heavy atom. The maximum absolute atomic E-state index is 15.1. The van der Waals surface area contributed by atoms with E-state index in [9.17, 15) is 9.65 Å². The fourth-order valence-electron chi connectivity index (χ4n) is 3.87. The fourth-order valence-corrected chi connectivity index (χ4v) is 3.87. The molecular formula is C20H12F2N8O. The monoisotopic (exact) mass is 418 g/mol. The van der Waals surface area contributed by atoms with Crippen molar-refractivity contribution in [3.63, 3.8) is 0 Å². The van der Waals surface area contributed by atoms with Gasteiger partial charge in [0.05, 0.1) is 11.9 Å². The summed E-state index contributed by atoms with van der Waals surface area (Å²) in [6.45, 7) is 0. The number of halogens is 2. The second kappa shape index (κ2) is 6.27. The van der Waals surface area contributed by atoms with Crippen LogP contribution < -0.4 is 9.91 Å². The summed E-state index contributed by atoms with van der Waals surface area (Å²) >= 11 is 0. The highest BCUT2D eigenvalue weighted by molar-refractivity contribution is 5.80. The molecule has 3 aliphatic rings. The number of hydrogen-bond acceptors (Lipinski definition) is 9. The van der Waals surface area contributed by atoms with Crippen LogP contribution in [0.25, 0.3) is 11.4 Å². The number of aliphatic imine (C=N–C) groups is 1. The van der Waals surface area contributed by atoms with Crippen molar-refractivity contribution in [1.82, 2.24) is 20.0 Å². The molecule has 0 radical (unpaired) electrons. The smallest absolute Gasteiger partial charge is 0.313 e. The van der Waals surface area contributed by atoms with Gasteiger partial charge in [0.1, 0.15) is 12.2 Å². The second-order valence-electron chi connectivity index (χ2n) is 6.97. The minimum Gasteiger partial charge on any atom is -0.313 e. The van der Waals surface area contributed by atoms with Crippen LogP contribution in [0.4, 0.5) is 20.5 Å². The van der Waals surface area contributed by atoms with Crippen molar-refractivity contribution in [1.29, 1.82) is 5.26 Å². The number of anilines is 2. The zero-order chi connectivity index (χ0) is 21.1. The van der Waals surface area contributed by atoms with Gasteiger partial charge in [-0.25, -0.2) is 19.3 Å². The number of hydrogen-bond donors (Lipinski definition) is 0. The molecule has 0 amide bonds. The van der Waals surface area contributed by atoms with Gasteiger partial charge in [0.2, 0.25) is 5.82 Å². The molecule has 0 saturated carbocycles. The summed E-state index contributed by atoms with van der Waals surface area (Å²) in [5, 5.41) is 16.5. The summed E-state index contributed by atoms with van der Waals surface area (Å²) in [6.07, 6.45) is 2.57. The van der Waals surface area contributed by atoms with E-state index in [2.05, 4.69) is 15.1 Å². The zero-order valence-electron chi connectivity index (χ0n) is 15.7. The van der Waals surface area contributed by atoms with Gasteiger partial charge in [-0.3, -0.25) is 4.90 Å². The lowest BCUT2D eigenvalue weighted by molar-refractivity contribution is 0.190. The Labute approximate surface area is 174 Å². The summed E-state index contributed by atoms with van der Waals surface area (Å²) < 4.78 is 33.7. The maximum atomic E-state index is 15.1. The van der Waals surface area contributed by atoms with Crippen molar-refractivity contribution < 1.29 is 13.3 Å². The third kappa shape index (κ3) is 2.42. The number of aromatic nitrogens is 2. The number of benzene rings is 2. The number of para-hydroxylation sites is 1. The van der Waals surface area contributed by atoms with Crippen molar-refractivity contribution in [3.05, 3.63) is 71.9 Å². The summed E-state index contributed by atoms with van der Waals surface area (Å²) in [6, 6.07) is 13.1. The number of rotatable bonds is 2. The van der Waals surface area contributed by atoms with Crippen LogP contribution in [0.15, 0.2) is 70.1 Å². The highest BCUT2D eigenvalue weighted by Gasteiger charge is 2.49. The van der Waals surface area contributed by atoms with Crippen LogP contribution in [-0.4, -0.2) is 32.8 Å². The number of hydrazine groups is 1. The number of alkyl halides is 1. The molecule has 152 valence electrons. The first-order valence-electron chi connectivity index (χ1n) is 9.29. The van der Waals surface area contributed by atoms with E-state index in [0.29, 0.717) is 17.1 Å². The first-order valence-corrected chi connectivity index (χ1v) is 9.29. The molecule has 0 aliphatic carbocycles. The molecule has 0 bridgehead atoms. The highest BCUT2D eigenvalue weighted by Crippen LogP contribution is 2.48. The minimum atomic E-state index is -1.69. The maximum Gasteiger partial charge on any atom is 0.349 e. The van der Waals surface area contributed by atoms with E-state index in [1.54, 1.807) is 29.3 Å². The van der Waals surface area contributed by atoms with Crippen LogP contribution >= 0.6 is 0 Å². The van der Waals surface area contributed by atoms with E-state index < -0.39 is 12.6 Å². The Morgan fingerprint density at radius 2 is 1.90 bits per heavy atom. The van der Waals surface area contributed by atoms with Gasteiger partial charge in [-0.15, -0.1) is 0 Å². The lowest BCUT2D eigenvalue weighted by Gasteiger charge is -2.41. The molecule has 3 aromatic rings. The molecular weight excluding hydrogens is 406 g/mol. The molecule has 0 fully saturated rings. The van der Waals surface area contributed by atoms with Gasteiger partial charge < -0.3 is 4.52 Å². The lowest BCUT2D eigenvalue weighted by Crippen LogP contribution is -2.48. The molecule has 9 nitrogen and oxygen atoms in total. The standard InChI is InChI=1S/C20H12F2N8O/c21-13-7-5-12(6-8-13)17-25-20(31-26-17)28-11-24-18-14-3-1-2-4-15(14)29-16(30(18)28)9-27(10-23)19(29)22/h1-9,11,18-19H. The summed E-state index contributed by atoms with van der Waals surface area (Å²) in [5.74, 6) is 0.297. The van der Waals surface area contributed by atoms with Crippen molar-refractivity contribution in [2.45, 2.75) is 12.6 Å². The van der Waals surface area contributed by atoms with E-state index in [0.717, 1.165) is 10.5 Å². The number of nitriles is 1. The van der Waals surface area contributed by atoms with E-state index in [1.807, 2.05) is 18.3 Å². The molecule has 2 atom stereocenters. The van der Waals surface area contributed by atoms with E-state index in [-0.39, 0.29) is 17.7 Å². The second-order valence-corrected chi connectivity index (χ2v) is 6.97. The Kier molecular flexibility index (Phi) is 3.52. The molecule has 1 aromatic heterocycles. The molecule has 2 unspecified atom stereocenters. The van der Waals surface area contributed by atoms with Crippen LogP contribution in [-0.2, 0) is 0 Å². The lowest BCUT2D eigenvalue weighted by atomic mass is 10.1. The topological polar surface area (TPSA) is 88.0 Å². The van der Waals surface area contributed by atoms with Crippen LogP contribution in [0.2, 0.25) is 0 Å². The first kappa shape index (κ1) is 17.4. The van der Waals surface area contributed by atoms with Crippen LogP contribution in [0.1, 0.15) is 11.7 Å². The van der Waals surface area contributed by atoms with E-state index in [4.69, 9.17) is 4.52 Å². The summed E-state index contributed by atoms with van der Waals surface area (Å²) in [7, 11) is 0. The van der Waals surface area contributed by atoms with Crippen LogP contribution in [0.5, 0.6) is 0 Å². The van der Waals surface area contributed by atoms with Crippen molar-refractivity contribution in [2.75, 3.05) is 9.91 Å². The SMILES string of the molecule is N#CN1C=C2N(c3ccccc3C3N=CN(c4nc(-c5ccc(F)cc5)no4)N23)C1F. The van der Waals surface area contributed by atoms with Gasteiger partial charge in [0.25, 0.3) is 6.42 Å². The quantitative estimate of drug-likeness (QED) is 0.463. The predicted molar refractivity (Wildman–Crippen MR) is 105 cm³/mol. The summed E-state index contributed by atoms with van der Waals surface area (Å²) in [4.78, 5) is 11.3. The Balaban J connectivity index is 1.42. The molecule has 0 N–H and O–H groups in total. The van der Waals surface area contributed by atoms with Gasteiger partial charge >= 0.3 is 6.01 Å². The number of nitrogens with zero attached hydrogens (tertiary/aromatic N) is 8. The van der Waals surface area contributed by atoms with E-state index >= 15 is 4.39 Å². The Hall–Kier alpha value is -4.46. The van der Waals surface area contributed by atoms with Gasteiger partial charge in [-0.1, -0.05) is 23.4 Å². The third-order valence-corrected chi connectivity index (χ3v) is 5.26. The van der Waals surface area contributed by atoms with Crippen LogP contribution in [0, 0.1) is 17.3 Å². The van der Waals surface area contributed by atoms with Gasteiger partial charge in [-0.2, -0.15) is 19.6 Å². The van der Waals surface area contributed by atoms with E-state index in [1.165, 1.54) is 34.6 Å². The molecule has 11 heteroatoms. The van der Waals surface area contributed by atoms with Crippen LogP contribution in [0.3, 0.4) is 0 Å². The zero-order valence-corrected chi connectivity index (χ0v) is 15.7. The van der Waals surface area contributed by atoms with Gasteiger partial charge in [-0.05, 0) is 30.3 Å². The highest BCUT2D eigenvalue weighted by atomic mass is 19.1. The molecule has 4 heterocycles. The average molecular weight is 418 g/mol. The largest absolute Gasteiger partial charge is 0.349 e. The Morgan fingerprint density at radius 3 is 2.71 bits per heavy atom. The normalized spacial score (nSPS) is 21.0.